The SMILES string of the molecule is CNc1cccc(-c2ccc(F)c(C(F)(F)F)c2)c1. The van der Waals surface area contributed by atoms with Crippen LogP contribution in [-0.4, -0.2) is 7.05 Å². The monoisotopic (exact) mass is 269 g/mol. The van der Waals surface area contributed by atoms with Crippen LogP contribution in [0.5, 0.6) is 0 Å². The fourth-order valence-electron chi connectivity index (χ4n) is 1.78. The lowest BCUT2D eigenvalue weighted by Gasteiger charge is -2.11. The molecule has 2 rings (SSSR count). The molecule has 0 spiro atoms. The van der Waals surface area contributed by atoms with Gasteiger partial charge in [0.05, 0.1) is 5.56 Å². The molecule has 0 aliphatic carbocycles. The number of benzene rings is 2. The van der Waals surface area contributed by atoms with Crippen LogP contribution < -0.4 is 5.32 Å². The average molecular weight is 269 g/mol. The molecule has 0 radical (unpaired) electrons. The molecule has 0 amide bonds. The Bertz CT molecular complexity index is 590. The normalized spacial score (nSPS) is 11.4. The second-order valence-electron chi connectivity index (χ2n) is 4.02. The van der Waals surface area contributed by atoms with Gasteiger partial charge in [0, 0.05) is 12.7 Å². The highest BCUT2D eigenvalue weighted by Gasteiger charge is 2.34. The summed E-state index contributed by atoms with van der Waals surface area (Å²) in [5, 5.41) is 2.90. The van der Waals surface area contributed by atoms with Crippen LogP contribution in [0.25, 0.3) is 11.1 Å². The summed E-state index contributed by atoms with van der Waals surface area (Å²) in [5.74, 6) is -1.26. The minimum absolute atomic E-state index is 0.325. The lowest BCUT2D eigenvalue weighted by Crippen LogP contribution is -2.08. The molecule has 0 saturated heterocycles. The average Bonchev–Trinajstić information content (AvgIpc) is 2.38. The molecular weight excluding hydrogens is 258 g/mol. The van der Waals surface area contributed by atoms with E-state index in [2.05, 4.69) is 5.32 Å². The fraction of sp³-hybridized carbons (Fsp3) is 0.143. The smallest absolute Gasteiger partial charge is 0.388 e. The van der Waals surface area contributed by atoms with E-state index in [9.17, 15) is 17.6 Å². The third-order valence-electron chi connectivity index (χ3n) is 2.76. The first-order chi connectivity index (χ1) is 8.91. The Balaban J connectivity index is 2.51. The molecule has 0 saturated carbocycles. The predicted molar refractivity (Wildman–Crippen MR) is 66.4 cm³/mol. The zero-order valence-corrected chi connectivity index (χ0v) is 10.1. The molecule has 2 aromatic rings. The van der Waals surface area contributed by atoms with Gasteiger partial charge in [-0.25, -0.2) is 4.39 Å². The van der Waals surface area contributed by atoms with Crippen LogP contribution >= 0.6 is 0 Å². The molecule has 2 aromatic carbocycles. The number of nitrogens with one attached hydrogen (secondary N) is 1. The van der Waals surface area contributed by atoms with Crippen molar-refractivity contribution in [3.8, 4) is 11.1 Å². The number of alkyl halides is 3. The highest BCUT2D eigenvalue weighted by atomic mass is 19.4. The first-order valence-corrected chi connectivity index (χ1v) is 5.57. The van der Waals surface area contributed by atoms with Crippen LogP contribution in [-0.2, 0) is 6.18 Å². The molecule has 0 aliphatic heterocycles. The molecule has 1 nitrogen and oxygen atoms in total. The van der Waals surface area contributed by atoms with Crippen molar-refractivity contribution in [1.29, 1.82) is 0 Å². The first kappa shape index (κ1) is 13.4. The minimum Gasteiger partial charge on any atom is -0.388 e. The molecule has 0 unspecified atom stereocenters. The summed E-state index contributed by atoms with van der Waals surface area (Å²) >= 11 is 0. The number of rotatable bonds is 2. The van der Waals surface area contributed by atoms with Gasteiger partial charge in [0.15, 0.2) is 0 Å². The summed E-state index contributed by atoms with van der Waals surface area (Å²) < 4.78 is 51.1. The molecule has 1 N–H and O–H groups in total. The maximum absolute atomic E-state index is 13.2. The molecule has 0 aliphatic rings. The van der Waals surface area contributed by atoms with Gasteiger partial charge >= 0.3 is 6.18 Å². The molecular formula is C14H11F4N. The zero-order valence-electron chi connectivity index (χ0n) is 10.1. The summed E-state index contributed by atoms with van der Waals surface area (Å²) in [6.45, 7) is 0. The minimum atomic E-state index is -4.69. The lowest BCUT2D eigenvalue weighted by molar-refractivity contribution is -0.139. The highest BCUT2D eigenvalue weighted by Crippen LogP contribution is 2.34. The lowest BCUT2D eigenvalue weighted by atomic mass is 10.0. The Kier molecular flexibility index (Phi) is 3.46. The summed E-state index contributed by atoms with van der Waals surface area (Å²) in [5.41, 5.74) is 0.443. The van der Waals surface area contributed by atoms with E-state index < -0.39 is 17.6 Å². The van der Waals surface area contributed by atoms with Gasteiger partial charge in [0.25, 0.3) is 0 Å². The van der Waals surface area contributed by atoms with Gasteiger partial charge in [-0.15, -0.1) is 0 Å². The van der Waals surface area contributed by atoms with Gasteiger partial charge < -0.3 is 5.32 Å². The molecule has 0 aromatic heterocycles. The van der Waals surface area contributed by atoms with Crippen LogP contribution in [0.15, 0.2) is 42.5 Å². The summed E-state index contributed by atoms with van der Waals surface area (Å²) in [4.78, 5) is 0. The Morgan fingerprint density at radius 3 is 2.26 bits per heavy atom. The van der Waals surface area contributed by atoms with Gasteiger partial charge in [0.1, 0.15) is 5.82 Å². The van der Waals surface area contributed by atoms with E-state index in [-0.39, 0.29) is 0 Å². The summed E-state index contributed by atoms with van der Waals surface area (Å²) in [6.07, 6.45) is -4.69. The first-order valence-electron chi connectivity index (χ1n) is 5.57. The van der Waals surface area contributed by atoms with E-state index in [1.165, 1.54) is 6.07 Å². The Hall–Kier alpha value is -2.04. The maximum Gasteiger partial charge on any atom is 0.419 e. The zero-order chi connectivity index (χ0) is 14.0. The van der Waals surface area contributed by atoms with E-state index in [1.54, 1.807) is 31.3 Å². The van der Waals surface area contributed by atoms with Crippen molar-refractivity contribution in [3.63, 3.8) is 0 Å². The Labute approximate surface area is 107 Å². The van der Waals surface area contributed by atoms with Crippen LogP contribution in [0.2, 0.25) is 0 Å². The Morgan fingerprint density at radius 1 is 0.947 bits per heavy atom. The van der Waals surface area contributed by atoms with Crippen LogP contribution in [0.1, 0.15) is 5.56 Å². The van der Waals surface area contributed by atoms with Crippen molar-refractivity contribution in [2.45, 2.75) is 6.18 Å². The molecule has 0 fully saturated rings. The van der Waals surface area contributed by atoms with Crippen molar-refractivity contribution in [2.75, 3.05) is 12.4 Å². The van der Waals surface area contributed by atoms with Gasteiger partial charge in [-0.2, -0.15) is 13.2 Å². The van der Waals surface area contributed by atoms with Gasteiger partial charge in [-0.05, 0) is 35.4 Å². The quantitative estimate of drug-likeness (QED) is 0.788. The molecule has 0 bridgehead atoms. The number of anilines is 1. The largest absolute Gasteiger partial charge is 0.419 e. The third-order valence-corrected chi connectivity index (χ3v) is 2.76. The summed E-state index contributed by atoms with van der Waals surface area (Å²) in [6, 6.07) is 9.88. The van der Waals surface area contributed by atoms with Crippen molar-refractivity contribution < 1.29 is 17.6 Å². The van der Waals surface area contributed by atoms with Crippen molar-refractivity contribution in [2.24, 2.45) is 0 Å². The van der Waals surface area contributed by atoms with Crippen LogP contribution in [0, 0.1) is 5.82 Å². The summed E-state index contributed by atoms with van der Waals surface area (Å²) in [7, 11) is 1.71. The molecule has 5 heteroatoms. The van der Waals surface area contributed by atoms with Gasteiger partial charge in [-0.1, -0.05) is 18.2 Å². The molecule has 0 heterocycles. The van der Waals surface area contributed by atoms with E-state index in [0.29, 0.717) is 11.1 Å². The van der Waals surface area contributed by atoms with Gasteiger partial charge in [0.2, 0.25) is 0 Å². The van der Waals surface area contributed by atoms with Crippen molar-refractivity contribution in [3.05, 3.63) is 53.8 Å². The number of halogens is 4. The van der Waals surface area contributed by atoms with E-state index >= 15 is 0 Å². The molecule has 0 atom stereocenters. The topological polar surface area (TPSA) is 12.0 Å². The second-order valence-corrected chi connectivity index (χ2v) is 4.02. The van der Waals surface area contributed by atoms with Crippen molar-refractivity contribution in [1.82, 2.24) is 0 Å². The van der Waals surface area contributed by atoms with E-state index in [0.717, 1.165) is 17.8 Å². The van der Waals surface area contributed by atoms with Crippen molar-refractivity contribution >= 4 is 5.69 Å². The number of hydrogen-bond acceptors (Lipinski definition) is 1. The standard InChI is InChI=1S/C14H11F4N/c1-19-11-4-2-3-9(7-11)10-5-6-13(15)12(8-10)14(16,17)18/h2-8,19H,1H3. The highest BCUT2D eigenvalue weighted by molar-refractivity contribution is 5.68. The fourth-order valence-corrected chi connectivity index (χ4v) is 1.78. The molecule has 19 heavy (non-hydrogen) atoms. The van der Waals surface area contributed by atoms with E-state index in [1.807, 2.05) is 0 Å². The van der Waals surface area contributed by atoms with Gasteiger partial charge in [-0.3, -0.25) is 0 Å². The maximum atomic E-state index is 13.2. The molecule has 100 valence electrons. The Morgan fingerprint density at radius 2 is 1.63 bits per heavy atom. The van der Waals surface area contributed by atoms with E-state index in [4.69, 9.17) is 0 Å². The number of hydrogen-bond donors (Lipinski definition) is 1. The second kappa shape index (κ2) is 4.91. The predicted octanol–water partition coefficient (Wildman–Crippen LogP) is 4.55. The third kappa shape index (κ3) is 2.86. The van der Waals surface area contributed by atoms with Crippen LogP contribution in [0.4, 0.5) is 23.2 Å². The van der Waals surface area contributed by atoms with Crippen LogP contribution in [0.3, 0.4) is 0 Å².